The number of carbonyl (C=O) groups excluding carboxylic acids is 2. The quantitative estimate of drug-likeness (QED) is 0.529. The van der Waals surface area contributed by atoms with E-state index >= 15 is 0 Å². The van der Waals surface area contributed by atoms with Gasteiger partial charge >= 0.3 is 11.7 Å². The van der Waals surface area contributed by atoms with Crippen molar-refractivity contribution in [1.82, 2.24) is 9.55 Å². The molecular formula is C20H25BrN4O5. The number of halogens is 1. The molecule has 162 valence electrons. The van der Waals surface area contributed by atoms with Crippen molar-refractivity contribution in [1.29, 1.82) is 0 Å². The fraction of sp³-hybridized carbons (Fsp3) is 0.400. The average Bonchev–Trinajstić information content (AvgIpc) is 2.71. The van der Waals surface area contributed by atoms with E-state index in [1.165, 1.54) is 9.47 Å². The van der Waals surface area contributed by atoms with Gasteiger partial charge in [0.25, 0.3) is 11.5 Å². The number of carbonyl (C=O) groups is 2. The van der Waals surface area contributed by atoms with Crippen LogP contribution in [0.15, 0.2) is 38.3 Å². The lowest BCUT2D eigenvalue weighted by Gasteiger charge is -2.24. The molecule has 0 spiro atoms. The summed E-state index contributed by atoms with van der Waals surface area (Å²) in [5, 5.41) is 0. The van der Waals surface area contributed by atoms with Gasteiger partial charge in [-0.1, -0.05) is 42.3 Å². The van der Waals surface area contributed by atoms with Crippen molar-refractivity contribution < 1.29 is 14.3 Å². The Balaban J connectivity index is 2.30. The highest BCUT2D eigenvalue weighted by Crippen LogP contribution is 2.18. The first-order chi connectivity index (χ1) is 14.3. The number of nitrogens with zero attached hydrogens (tertiary/aromatic N) is 2. The van der Waals surface area contributed by atoms with E-state index < -0.39 is 29.7 Å². The van der Waals surface area contributed by atoms with Gasteiger partial charge in [0, 0.05) is 17.6 Å². The van der Waals surface area contributed by atoms with Crippen molar-refractivity contribution in [2.45, 2.75) is 39.7 Å². The zero-order valence-electron chi connectivity index (χ0n) is 16.9. The highest BCUT2D eigenvalue weighted by Gasteiger charge is 2.25. The number of esters is 1. The number of aromatic nitrogens is 2. The van der Waals surface area contributed by atoms with Gasteiger partial charge in [-0.25, -0.2) is 9.59 Å². The monoisotopic (exact) mass is 480 g/mol. The Morgan fingerprint density at radius 2 is 1.97 bits per heavy atom. The molecule has 0 saturated carbocycles. The van der Waals surface area contributed by atoms with E-state index in [-0.39, 0.29) is 23.6 Å². The summed E-state index contributed by atoms with van der Waals surface area (Å²) >= 11 is 3.27. The number of rotatable bonds is 9. The number of nitrogens with one attached hydrogen (secondary N) is 1. The fourth-order valence-corrected chi connectivity index (χ4v) is 3.26. The van der Waals surface area contributed by atoms with Crippen molar-refractivity contribution in [3.05, 3.63) is 55.1 Å². The minimum Gasteiger partial charge on any atom is -0.452 e. The number of anilines is 2. The van der Waals surface area contributed by atoms with E-state index in [1.54, 1.807) is 24.3 Å². The first-order valence-electron chi connectivity index (χ1n) is 9.65. The maximum Gasteiger partial charge on any atom is 0.338 e. The number of H-pyrrole nitrogens is 1. The Kier molecular flexibility index (Phi) is 8.40. The summed E-state index contributed by atoms with van der Waals surface area (Å²) in [6.45, 7) is 3.71. The van der Waals surface area contributed by atoms with Crippen molar-refractivity contribution in [3.8, 4) is 0 Å². The molecule has 0 aliphatic carbocycles. The molecule has 2 rings (SSSR count). The van der Waals surface area contributed by atoms with E-state index in [9.17, 15) is 19.2 Å². The van der Waals surface area contributed by atoms with Crippen LogP contribution >= 0.6 is 15.9 Å². The molecule has 30 heavy (non-hydrogen) atoms. The van der Waals surface area contributed by atoms with Gasteiger partial charge in [0.2, 0.25) is 0 Å². The molecule has 1 heterocycles. The molecule has 2 aromatic rings. The van der Waals surface area contributed by atoms with Crippen LogP contribution in [0.2, 0.25) is 0 Å². The molecule has 0 radical (unpaired) electrons. The van der Waals surface area contributed by atoms with Gasteiger partial charge in [0.15, 0.2) is 12.3 Å². The van der Waals surface area contributed by atoms with Gasteiger partial charge in [-0.15, -0.1) is 0 Å². The lowest BCUT2D eigenvalue weighted by Crippen LogP contribution is -2.43. The molecule has 0 aliphatic heterocycles. The summed E-state index contributed by atoms with van der Waals surface area (Å²) in [4.78, 5) is 53.0. The molecule has 0 aliphatic rings. The minimum atomic E-state index is -0.757. The van der Waals surface area contributed by atoms with E-state index in [2.05, 4.69) is 20.9 Å². The lowest BCUT2D eigenvalue weighted by molar-refractivity contribution is -0.121. The zero-order valence-corrected chi connectivity index (χ0v) is 18.5. The third-order valence-corrected chi connectivity index (χ3v) is 4.85. The summed E-state index contributed by atoms with van der Waals surface area (Å²) in [6.07, 6.45) is 1.97. The molecule has 0 atom stereocenters. The smallest absolute Gasteiger partial charge is 0.338 e. The maximum atomic E-state index is 12.9. The van der Waals surface area contributed by atoms with Crippen LogP contribution in [0.1, 0.15) is 43.5 Å². The van der Waals surface area contributed by atoms with Gasteiger partial charge in [-0.3, -0.25) is 19.1 Å². The van der Waals surface area contributed by atoms with Crippen molar-refractivity contribution in [3.63, 3.8) is 0 Å². The summed E-state index contributed by atoms with van der Waals surface area (Å²) in [6, 6.07) is 6.57. The topological polar surface area (TPSA) is 127 Å². The number of aromatic amines is 1. The Morgan fingerprint density at radius 3 is 2.60 bits per heavy atom. The molecule has 10 heteroatoms. The fourth-order valence-electron chi connectivity index (χ4n) is 2.87. The molecule has 9 nitrogen and oxygen atoms in total. The number of amides is 1. The number of ether oxygens (including phenoxy) is 1. The molecule has 0 saturated heterocycles. The predicted octanol–water partition coefficient (Wildman–Crippen LogP) is 2.28. The van der Waals surface area contributed by atoms with Crippen LogP contribution in [-0.4, -0.2) is 34.6 Å². The molecule has 0 unspecified atom stereocenters. The van der Waals surface area contributed by atoms with E-state index in [4.69, 9.17) is 10.5 Å². The van der Waals surface area contributed by atoms with E-state index in [0.717, 1.165) is 6.42 Å². The summed E-state index contributed by atoms with van der Waals surface area (Å²) in [5.41, 5.74) is 4.86. The second-order valence-electron chi connectivity index (χ2n) is 6.63. The molecule has 1 amide bonds. The third-order valence-electron chi connectivity index (χ3n) is 4.35. The second kappa shape index (κ2) is 10.8. The van der Waals surface area contributed by atoms with Crippen LogP contribution in [-0.2, 0) is 16.1 Å². The van der Waals surface area contributed by atoms with Crippen molar-refractivity contribution >= 4 is 39.3 Å². The highest BCUT2D eigenvalue weighted by atomic mass is 79.9. The van der Waals surface area contributed by atoms with Crippen LogP contribution in [0.3, 0.4) is 0 Å². The summed E-state index contributed by atoms with van der Waals surface area (Å²) < 4.78 is 7.05. The van der Waals surface area contributed by atoms with Crippen LogP contribution in [0.5, 0.6) is 0 Å². The van der Waals surface area contributed by atoms with Crippen molar-refractivity contribution in [2.75, 3.05) is 23.8 Å². The standard InChI is InChI=1S/C20H25BrN4O5/c1-3-5-10-24(16-17(22)25(9-4-2)20(29)23-18(16)27)15(26)12-30-19(28)13-7-6-8-14(21)11-13/h6-8,11H,3-5,9-10,12,22H2,1-2H3,(H,23,27,29). The molecule has 1 aromatic carbocycles. The lowest BCUT2D eigenvalue weighted by atomic mass is 10.2. The van der Waals surface area contributed by atoms with Gasteiger partial charge in [-0.05, 0) is 31.0 Å². The average molecular weight is 481 g/mol. The van der Waals surface area contributed by atoms with Crippen LogP contribution < -0.4 is 21.9 Å². The number of nitrogen functional groups attached to an aromatic ring is 1. The second-order valence-corrected chi connectivity index (χ2v) is 7.55. The number of benzene rings is 1. The predicted molar refractivity (Wildman–Crippen MR) is 118 cm³/mol. The van der Waals surface area contributed by atoms with E-state index in [0.29, 0.717) is 23.9 Å². The molecular weight excluding hydrogens is 456 g/mol. The number of unbranched alkanes of at least 4 members (excludes halogenated alkanes) is 1. The van der Waals surface area contributed by atoms with Crippen molar-refractivity contribution in [2.24, 2.45) is 0 Å². The Bertz CT molecular complexity index is 1030. The first kappa shape index (κ1) is 23.4. The number of hydrogen-bond donors (Lipinski definition) is 2. The Hall–Kier alpha value is -2.88. The van der Waals surface area contributed by atoms with Crippen LogP contribution in [0, 0.1) is 0 Å². The Labute approximate surface area is 182 Å². The van der Waals surface area contributed by atoms with Gasteiger partial charge < -0.3 is 15.4 Å². The number of nitrogens with two attached hydrogens (primary N) is 1. The molecule has 0 bridgehead atoms. The first-order valence-corrected chi connectivity index (χ1v) is 10.4. The third kappa shape index (κ3) is 5.59. The van der Waals surface area contributed by atoms with Gasteiger partial charge in [0.05, 0.1) is 5.56 Å². The van der Waals surface area contributed by atoms with Crippen LogP contribution in [0.4, 0.5) is 11.5 Å². The summed E-state index contributed by atoms with van der Waals surface area (Å²) in [7, 11) is 0. The van der Waals surface area contributed by atoms with Gasteiger partial charge in [-0.2, -0.15) is 0 Å². The Morgan fingerprint density at radius 1 is 1.23 bits per heavy atom. The zero-order chi connectivity index (χ0) is 22.3. The van der Waals surface area contributed by atoms with Crippen LogP contribution in [0.25, 0.3) is 0 Å². The minimum absolute atomic E-state index is 0.0895. The highest BCUT2D eigenvalue weighted by molar-refractivity contribution is 9.10. The number of hydrogen-bond acceptors (Lipinski definition) is 6. The SMILES string of the molecule is CCCCN(C(=O)COC(=O)c1cccc(Br)c1)c1c(N)n(CCC)c(=O)[nH]c1=O. The molecule has 0 fully saturated rings. The van der Waals surface area contributed by atoms with E-state index in [1.807, 2.05) is 13.8 Å². The van der Waals surface area contributed by atoms with Gasteiger partial charge in [0.1, 0.15) is 5.82 Å². The normalized spacial score (nSPS) is 10.6. The summed E-state index contributed by atoms with van der Waals surface area (Å²) in [5.74, 6) is -1.36. The maximum absolute atomic E-state index is 12.9. The molecule has 1 aromatic heterocycles. The molecule has 3 N–H and O–H groups in total. The largest absolute Gasteiger partial charge is 0.452 e.